The number of rotatable bonds is 7. The van der Waals surface area contributed by atoms with E-state index in [1.165, 1.54) is 38.5 Å². The molecular formula is C26H24N6O5S. The second-order valence-electron chi connectivity index (χ2n) is 8.35. The molecule has 0 aliphatic carbocycles. The van der Waals surface area contributed by atoms with E-state index in [2.05, 4.69) is 5.32 Å². The van der Waals surface area contributed by atoms with Gasteiger partial charge < -0.3 is 20.5 Å². The van der Waals surface area contributed by atoms with Crippen LogP contribution in [0.5, 0.6) is 11.5 Å². The maximum absolute atomic E-state index is 13.5. The number of methoxy groups -OCH3 is 2. The topological polar surface area (TPSA) is 164 Å². The first-order valence-electron chi connectivity index (χ1n) is 11.4. The van der Waals surface area contributed by atoms with Gasteiger partial charge in [-0.2, -0.15) is 0 Å². The van der Waals surface area contributed by atoms with Crippen LogP contribution in [0.4, 0.5) is 5.82 Å². The van der Waals surface area contributed by atoms with Crippen molar-refractivity contribution in [1.29, 1.82) is 0 Å². The quantitative estimate of drug-likeness (QED) is 0.288. The summed E-state index contributed by atoms with van der Waals surface area (Å²) < 4.78 is 35.8. The number of amides is 1. The van der Waals surface area contributed by atoms with Gasteiger partial charge in [-0.1, -0.05) is 24.3 Å². The molecule has 5 aromatic rings. The lowest BCUT2D eigenvalue weighted by Crippen LogP contribution is -2.24. The predicted molar refractivity (Wildman–Crippen MR) is 143 cm³/mol. The van der Waals surface area contributed by atoms with Crippen LogP contribution in [-0.2, 0) is 16.6 Å². The Hall–Kier alpha value is -4.68. The fraction of sp³-hybridized carbons (Fsp3) is 0.115. The number of fused-ring (bicyclic) bond motifs is 2. The molecule has 2 aromatic heterocycles. The van der Waals surface area contributed by atoms with Crippen molar-refractivity contribution in [3.8, 4) is 17.2 Å². The molecule has 12 heteroatoms. The Labute approximate surface area is 218 Å². The first kappa shape index (κ1) is 25.0. The van der Waals surface area contributed by atoms with Crippen LogP contribution < -0.4 is 25.7 Å². The molecule has 0 saturated carbocycles. The molecule has 2 heterocycles. The van der Waals surface area contributed by atoms with Crippen LogP contribution in [-0.4, -0.2) is 43.1 Å². The summed E-state index contributed by atoms with van der Waals surface area (Å²) in [4.78, 5) is 22.9. The molecule has 0 bridgehead atoms. The lowest BCUT2D eigenvalue weighted by molar-refractivity contribution is 0.0953. The first-order valence-corrected chi connectivity index (χ1v) is 13.0. The Balaban J connectivity index is 1.62. The van der Waals surface area contributed by atoms with Crippen LogP contribution in [0.25, 0.3) is 27.9 Å². The average molecular weight is 533 g/mol. The number of nitrogen functional groups attached to an aromatic ring is 1. The third kappa shape index (κ3) is 4.35. The summed E-state index contributed by atoms with van der Waals surface area (Å²) in [6.45, 7) is 0.134. The molecule has 194 valence electrons. The molecule has 0 aliphatic heterocycles. The maximum Gasteiger partial charge on any atom is 0.257 e. The van der Waals surface area contributed by atoms with Gasteiger partial charge in [-0.05, 0) is 42.5 Å². The molecule has 11 nitrogen and oxygen atoms in total. The van der Waals surface area contributed by atoms with E-state index >= 15 is 0 Å². The number of anilines is 1. The van der Waals surface area contributed by atoms with Crippen molar-refractivity contribution >= 4 is 43.9 Å². The predicted octanol–water partition coefficient (Wildman–Crippen LogP) is 2.75. The van der Waals surface area contributed by atoms with Crippen LogP contribution in [0.1, 0.15) is 15.9 Å². The molecule has 38 heavy (non-hydrogen) atoms. The van der Waals surface area contributed by atoms with Gasteiger partial charge >= 0.3 is 0 Å². The number of hydrogen-bond acceptors (Lipinski definition) is 8. The highest BCUT2D eigenvalue weighted by atomic mass is 32.2. The van der Waals surface area contributed by atoms with E-state index in [0.29, 0.717) is 44.9 Å². The molecule has 0 unspecified atom stereocenters. The number of para-hydroxylation sites is 3. The van der Waals surface area contributed by atoms with Crippen LogP contribution in [0.2, 0.25) is 0 Å². The molecule has 3 aromatic carbocycles. The number of nitrogens with one attached hydrogen (secondary N) is 1. The Morgan fingerprint density at radius 2 is 1.63 bits per heavy atom. The zero-order chi connectivity index (χ0) is 27.0. The van der Waals surface area contributed by atoms with Gasteiger partial charge in [-0.15, -0.1) is 0 Å². The van der Waals surface area contributed by atoms with E-state index in [1.807, 2.05) is 18.2 Å². The van der Waals surface area contributed by atoms with Crippen LogP contribution in [0, 0.1) is 0 Å². The highest BCUT2D eigenvalue weighted by Gasteiger charge is 2.25. The minimum absolute atomic E-state index is 0.0574. The number of aromatic nitrogens is 3. The molecule has 5 N–H and O–H groups in total. The molecule has 5 rings (SSSR count). The van der Waals surface area contributed by atoms with Crippen molar-refractivity contribution in [3.63, 3.8) is 0 Å². The number of primary sulfonamides is 1. The van der Waals surface area contributed by atoms with Crippen LogP contribution in [0.15, 0.2) is 71.6 Å². The smallest absolute Gasteiger partial charge is 0.257 e. The highest BCUT2D eigenvalue weighted by molar-refractivity contribution is 7.89. The largest absolute Gasteiger partial charge is 0.493 e. The number of hydrogen-bond donors (Lipinski definition) is 3. The van der Waals surface area contributed by atoms with Crippen LogP contribution in [0.3, 0.4) is 0 Å². The van der Waals surface area contributed by atoms with E-state index in [4.69, 9.17) is 30.3 Å². The minimum Gasteiger partial charge on any atom is -0.493 e. The Morgan fingerprint density at radius 3 is 2.26 bits per heavy atom. The highest BCUT2D eigenvalue weighted by Crippen LogP contribution is 2.33. The number of nitrogens with zero attached hydrogens (tertiary/aromatic N) is 3. The standard InChI is InChI=1S/C26H24N6O5S/c1-36-20-9-5-6-15(23(20)37-2)14-29-26(33)21-22-25(31-19-8-4-3-7-18(19)30-22)32(24(21)27)16-10-12-17(13-11-16)38(28,34)35/h3-13H,14,27H2,1-2H3,(H,29,33)(H2,28,34,35). The zero-order valence-corrected chi connectivity index (χ0v) is 21.3. The maximum atomic E-state index is 13.5. The number of carbonyl (C=O) groups excluding carboxylic acids is 1. The second kappa shape index (κ2) is 9.65. The van der Waals surface area contributed by atoms with E-state index in [1.54, 1.807) is 28.8 Å². The van der Waals surface area contributed by atoms with Gasteiger partial charge in [0.1, 0.15) is 16.9 Å². The zero-order valence-electron chi connectivity index (χ0n) is 20.5. The van der Waals surface area contributed by atoms with E-state index < -0.39 is 15.9 Å². The van der Waals surface area contributed by atoms with Crippen molar-refractivity contribution < 1.29 is 22.7 Å². The number of carbonyl (C=O) groups is 1. The molecule has 0 aliphatic rings. The monoisotopic (exact) mass is 532 g/mol. The molecule has 0 radical (unpaired) electrons. The van der Waals surface area contributed by atoms with Gasteiger partial charge in [-0.3, -0.25) is 9.36 Å². The van der Waals surface area contributed by atoms with Gasteiger partial charge in [0.15, 0.2) is 17.1 Å². The first-order chi connectivity index (χ1) is 18.2. The Kier molecular flexibility index (Phi) is 6.35. The molecular weight excluding hydrogens is 508 g/mol. The van der Waals surface area contributed by atoms with Crippen LogP contribution >= 0.6 is 0 Å². The van der Waals surface area contributed by atoms with Crippen molar-refractivity contribution in [2.24, 2.45) is 5.14 Å². The van der Waals surface area contributed by atoms with Crippen molar-refractivity contribution in [3.05, 3.63) is 77.9 Å². The van der Waals surface area contributed by atoms with E-state index in [0.717, 1.165) is 0 Å². The minimum atomic E-state index is -3.89. The fourth-order valence-corrected chi connectivity index (χ4v) is 4.80. The van der Waals surface area contributed by atoms with Crippen molar-refractivity contribution in [2.45, 2.75) is 11.4 Å². The Bertz CT molecular complexity index is 1800. The molecule has 1 amide bonds. The summed E-state index contributed by atoms with van der Waals surface area (Å²) >= 11 is 0. The van der Waals surface area contributed by atoms with E-state index in [-0.39, 0.29) is 22.8 Å². The van der Waals surface area contributed by atoms with Gasteiger partial charge in [0.2, 0.25) is 10.0 Å². The summed E-state index contributed by atoms with van der Waals surface area (Å²) in [6, 6.07) is 18.4. The molecule has 0 spiro atoms. The summed E-state index contributed by atoms with van der Waals surface area (Å²) in [5.41, 5.74) is 9.70. The second-order valence-corrected chi connectivity index (χ2v) is 9.92. The van der Waals surface area contributed by atoms with Gasteiger partial charge in [-0.25, -0.2) is 23.5 Å². The van der Waals surface area contributed by atoms with Gasteiger partial charge in [0, 0.05) is 17.8 Å². The third-order valence-corrected chi connectivity index (χ3v) is 7.00. The lowest BCUT2D eigenvalue weighted by Gasteiger charge is -2.13. The normalized spacial score (nSPS) is 11.6. The van der Waals surface area contributed by atoms with E-state index in [9.17, 15) is 13.2 Å². The summed E-state index contributed by atoms with van der Waals surface area (Å²) in [6.07, 6.45) is 0. The summed E-state index contributed by atoms with van der Waals surface area (Å²) in [7, 11) is -0.827. The average Bonchev–Trinajstić information content (AvgIpc) is 3.20. The van der Waals surface area contributed by atoms with Crippen molar-refractivity contribution in [1.82, 2.24) is 19.9 Å². The van der Waals surface area contributed by atoms with Crippen molar-refractivity contribution in [2.75, 3.05) is 20.0 Å². The fourth-order valence-electron chi connectivity index (χ4n) is 4.29. The number of nitrogens with two attached hydrogens (primary N) is 2. The lowest BCUT2D eigenvalue weighted by atomic mass is 10.1. The number of ether oxygens (including phenoxy) is 2. The Morgan fingerprint density at radius 1 is 0.947 bits per heavy atom. The summed E-state index contributed by atoms with van der Waals surface area (Å²) in [5.74, 6) is 0.665. The van der Waals surface area contributed by atoms with Gasteiger partial charge in [0.25, 0.3) is 5.91 Å². The number of sulfonamides is 1. The molecule has 0 fully saturated rings. The molecule has 0 atom stereocenters. The molecule has 0 saturated heterocycles. The van der Waals surface area contributed by atoms with Gasteiger partial charge in [0.05, 0.1) is 30.1 Å². The SMILES string of the molecule is COc1cccc(CNC(=O)c2c(N)n(-c3ccc(S(N)(=O)=O)cc3)c3nc4ccccc4nc23)c1OC. The summed E-state index contributed by atoms with van der Waals surface area (Å²) in [5, 5.41) is 8.13. The number of benzene rings is 3. The third-order valence-electron chi connectivity index (χ3n) is 6.07.